The van der Waals surface area contributed by atoms with Crippen molar-refractivity contribution in [1.29, 1.82) is 0 Å². The molecule has 0 saturated heterocycles. The van der Waals surface area contributed by atoms with Crippen LogP contribution in [0, 0.1) is 6.92 Å². The van der Waals surface area contributed by atoms with Crippen molar-refractivity contribution in [3.8, 4) is 11.6 Å². The number of amides is 1. The van der Waals surface area contributed by atoms with Crippen LogP contribution in [0.2, 0.25) is 0 Å². The molecule has 4 rings (SSSR count). The summed E-state index contributed by atoms with van der Waals surface area (Å²) in [7, 11) is 1.63. The zero-order valence-electron chi connectivity index (χ0n) is 17.1. The predicted octanol–water partition coefficient (Wildman–Crippen LogP) is 3.12. The van der Waals surface area contributed by atoms with E-state index in [-0.39, 0.29) is 11.5 Å². The number of carbonyl (C=O) groups excluding carboxylic acids is 1. The summed E-state index contributed by atoms with van der Waals surface area (Å²) in [5.74, 6) is 0.893. The number of anilines is 1. The van der Waals surface area contributed by atoms with Gasteiger partial charge in [0.05, 0.1) is 24.6 Å². The van der Waals surface area contributed by atoms with E-state index in [1.807, 2.05) is 42.5 Å². The van der Waals surface area contributed by atoms with Gasteiger partial charge in [0.1, 0.15) is 5.75 Å². The van der Waals surface area contributed by atoms with Crippen molar-refractivity contribution in [2.45, 2.75) is 13.3 Å². The molecule has 0 aliphatic carbocycles. The highest BCUT2D eigenvalue weighted by Gasteiger charge is 2.17. The van der Waals surface area contributed by atoms with Crippen molar-refractivity contribution < 1.29 is 9.53 Å². The molecule has 8 heteroatoms. The zero-order valence-corrected chi connectivity index (χ0v) is 17.1. The molecule has 4 aromatic rings. The Morgan fingerprint density at radius 2 is 1.94 bits per heavy atom. The minimum absolute atomic E-state index is 0.288. The molecule has 2 heterocycles. The van der Waals surface area contributed by atoms with Gasteiger partial charge in [-0.3, -0.25) is 9.59 Å². The lowest BCUT2D eigenvalue weighted by Crippen LogP contribution is -2.14. The molecule has 2 aromatic carbocycles. The molecule has 0 atom stereocenters. The summed E-state index contributed by atoms with van der Waals surface area (Å²) in [6.45, 7) is 1.77. The number of methoxy groups -OCH3 is 1. The summed E-state index contributed by atoms with van der Waals surface area (Å²) < 4.78 is 6.98. The summed E-state index contributed by atoms with van der Waals surface area (Å²) in [6.07, 6.45) is 2.16. The molecular weight excluding hydrogens is 394 g/mol. The van der Waals surface area contributed by atoms with Crippen LogP contribution in [0.4, 0.5) is 5.69 Å². The molecule has 2 N–H and O–H groups in total. The van der Waals surface area contributed by atoms with Gasteiger partial charge in [-0.05, 0) is 36.8 Å². The molecule has 156 valence electrons. The van der Waals surface area contributed by atoms with Gasteiger partial charge in [-0.2, -0.15) is 10.2 Å². The van der Waals surface area contributed by atoms with E-state index in [0.29, 0.717) is 29.2 Å². The molecule has 0 fully saturated rings. The topological polar surface area (TPSA) is 102 Å². The van der Waals surface area contributed by atoms with Crippen LogP contribution in [0.5, 0.6) is 5.75 Å². The number of ether oxygens (including phenoxy) is 1. The van der Waals surface area contributed by atoms with Gasteiger partial charge in [0.15, 0.2) is 5.82 Å². The molecule has 0 aliphatic heterocycles. The van der Waals surface area contributed by atoms with Crippen LogP contribution >= 0.6 is 0 Å². The Hall–Kier alpha value is -4.20. The third-order valence-corrected chi connectivity index (χ3v) is 4.91. The van der Waals surface area contributed by atoms with Crippen LogP contribution in [0.15, 0.2) is 71.7 Å². The van der Waals surface area contributed by atoms with Crippen molar-refractivity contribution in [3.05, 3.63) is 99.6 Å². The quantitative estimate of drug-likeness (QED) is 0.504. The van der Waals surface area contributed by atoms with E-state index in [1.54, 1.807) is 26.2 Å². The molecule has 2 aromatic heterocycles. The van der Waals surface area contributed by atoms with E-state index < -0.39 is 0 Å². The van der Waals surface area contributed by atoms with Gasteiger partial charge in [0, 0.05) is 23.7 Å². The van der Waals surface area contributed by atoms with Gasteiger partial charge >= 0.3 is 0 Å². The number of nitrogens with zero attached hydrogens (tertiary/aromatic N) is 3. The third-order valence-electron chi connectivity index (χ3n) is 4.91. The highest BCUT2D eigenvalue weighted by atomic mass is 16.5. The van der Waals surface area contributed by atoms with E-state index in [0.717, 1.165) is 16.9 Å². The molecule has 0 radical (unpaired) electrons. The fourth-order valence-corrected chi connectivity index (χ4v) is 3.33. The van der Waals surface area contributed by atoms with Gasteiger partial charge in [-0.15, -0.1) is 0 Å². The molecule has 0 aliphatic rings. The Bertz CT molecular complexity index is 1260. The minimum atomic E-state index is -0.308. The average molecular weight is 415 g/mol. The van der Waals surface area contributed by atoms with Crippen LogP contribution in [-0.2, 0) is 6.42 Å². The van der Waals surface area contributed by atoms with Crippen molar-refractivity contribution in [1.82, 2.24) is 20.0 Å². The fourth-order valence-electron chi connectivity index (χ4n) is 3.33. The predicted molar refractivity (Wildman–Crippen MR) is 117 cm³/mol. The third kappa shape index (κ3) is 4.37. The van der Waals surface area contributed by atoms with Gasteiger partial charge < -0.3 is 10.1 Å². The minimum Gasteiger partial charge on any atom is -0.496 e. The monoisotopic (exact) mass is 415 g/mol. The van der Waals surface area contributed by atoms with Gasteiger partial charge in [-0.25, -0.2) is 9.78 Å². The molecule has 0 unspecified atom stereocenters. The summed E-state index contributed by atoms with van der Waals surface area (Å²) in [5.41, 5.74) is 3.48. The van der Waals surface area contributed by atoms with Crippen LogP contribution in [0.25, 0.3) is 5.82 Å². The van der Waals surface area contributed by atoms with Crippen LogP contribution in [-0.4, -0.2) is 33.0 Å². The number of hydrogen-bond acceptors (Lipinski definition) is 5. The first-order chi connectivity index (χ1) is 15.0. The largest absolute Gasteiger partial charge is 0.496 e. The maximum atomic E-state index is 12.9. The maximum absolute atomic E-state index is 12.9. The Morgan fingerprint density at radius 1 is 1.13 bits per heavy atom. The zero-order chi connectivity index (χ0) is 21.8. The number of benzene rings is 2. The second kappa shape index (κ2) is 8.66. The Labute approximate surface area is 178 Å². The van der Waals surface area contributed by atoms with E-state index in [1.165, 1.54) is 16.9 Å². The van der Waals surface area contributed by atoms with Gasteiger partial charge in [0.25, 0.3) is 11.5 Å². The van der Waals surface area contributed by atoms with Crippen molar-refractivity contribution >= 4 is 11.6 Å². The SMILES string of the molecule is COc1ccc(NC(=O)c2cnn(-c3ccc(=O)[nH]n3)c2C)cc1Cc1ccccc1. The molecule has 0 saturated carbocycles. The standard InChI is InChI=1S/C23H21N5O3/c1-15-19(14-24-28(15)21-10-11-22(29)27-26-21)23(30)25-18-8-9-20(31-2)17(13-18)12-16-6-4-3-5-7-16/h3-11,13-14H,12H2,1-2H3,(H,25,30)(H,27,29). The number of aromatic nitrogens is 4. The van der Waals surface area contributed by atoms with E-state index in [2.05, 4.69) is 20.6 Å². The van der Waals surface area contributed by atoms with Gasteiger partial charge in [0.2, 0.25) is 0 Å². The van der Waals surface area contributed by atoms with E-state index in [4.69, 9.17) is 4.74 Å². The number of H-pyrrole nitrogens is 1. The highest BCUT2D eigenvalue weighted by molar-refractivity contribution is 6.05. The molecule has 8 nitrogen and oxygen atoms in total. The van der Waals surface area contributed by atoms with Crippen LogP contribution in [0.1, 0.15) is 27.2 Å². The lowest BCUT2D eigenvalue weighted by molar-refractivity contribution is 0.102. The summed E-state index contributed by atoms with van der Waals surface area (Å²) >= 11 is 0. The summed E-state index contributed by atoms with van der Waals surface area (Å²) in [5, 5.41) is 13.5. The molecule has 0 spiro atoms. The summed E-state index contributed by atoms with van der Waals surface area (Å²) in [6, 6.07) is 18.5. The molecular formula is C23H21N5O3. The molecule has 31 heavy (non-hydrogen) atoms. The van der Waals surface area contributed by atoms with Crippen molar-refractivity contribution in [2.75, 3.05) is 12.4 Å². The van der Waals surface area contributed by atoms with Crippen LogP contribution in [0.3, 0.4) is 0 Å². The molecule has 0 bridgehead atoms. The van der Waals surface area contributed by atoms with Crippen molar-refractivity contribution in [2.24, 2.45) is 0 Å². The Kier molecular flexibility index (Phi) is 5.61. The normalized spacial score (nSPS) is 10.6. The Balaban J connectivity index is 1.57. The highest BCUT2D eigenvalue weighted by Crippen LogP contribution is 2.26. The first-order valence-electron chi connectivity index (χ1n) is 9.68. The Morgan fingerprint density at radius 3 is 2.65 bits per heavy atom. The van der Waals surface area contributed by atoms with Crippen LogP contribution < -0.4 is 15.6 Å². The second-order valence-corrected chi connectivity index (χ2v) is 6.98. The van der Waals surface area contributed by atoms with E-state index >= 15 is 0 Å². The number of hydrogen-bond donors (Lipinski definition) is 2. The molecule has 1 amide bonds. The maximum Gasteiger partial charge on any atom is 0.264 e. The number of aromatic amines is 1. The second-order valence-electron chi connectivity index (χ2n) is 6.98. The number of carbonyl (C=O) groups is 1. The number of rotatable bonds is 6. The lowest BCUT2D eigenvalue weighted by Gasteiger charge is -2.12. The number of nitrogens with one attached hydrogen (secondary N) is 2. The first kappa shape index (κ1) is 20.1. The van der Waals surface area contributed by atoms with E-state index in [9.17, 15) is 9.59 Å². The fraction of sp³-hybridized carbons (Fsp3) is 0.130. The first-order valence-corrected chi connectivity index (χ1v) is 9.68. The van der Waals surface area contributed by atoms with Crippen molar-refractivity contribution in [3.63, 3.8) is 0 Å². The summed E-state index contributed by atoms with van der Waals surface area (Å²) in [4.78, 5) is 24.1. The van der Waals surface area contributed by atoms with Gasteiger partial charge in [-0.1, -0.05) is 30.3 Å². The average Bonchev–Trinajstić information content (AvgIpc) is 3.17. The smallest absolute Gasteiger partial charge is 0.264 e. The lowest BCUT2D eigenvalue weighted by atomic mass is 10.0.